The molecule has 1 atom stereocenters. The first-order valence-electron chi connectivity index (χ1n) is 15.7. The average molecular weight is 719 g/mol. The molecule has 4 aromatic heterocycles. The molecule has 10 nitrogen and oxygen atoms in total. The number of benzene rings is 2. The number of carbonyl (C=O) groups is 1. The van der Waals surface area contributed by atoms with Crippen LogP contribution in [0.3, 0.4) is 0 Å². The van der Waals surface area contributed by atoms with Gasteiger partial charge in [0.1, 0.15) is 17.1 Å². The number of aromatic nitrogens is 5. The standard InChI is InChI=1S/C34H32F2N6O4S2Si/c1-19-31(20(2)46-40-19)21-7-11-29-27(13-21)38-32(34(18-49)12-4-5-30(43)42(34)24-9-10-25(35)26(36)14-24)41(29)33-39-28(16-47-33)22-6-8-23(37-15-22)17-48(3,44)45/h6-11,13-16H,4-5,12,17-18H2,1-3,49H3/t34-/m1/s1. The number of amides is 1. The Morgan fingerprint density at radius 1 is 1.04 bits per heavy atom. The number of sulfone groups is 1. The summed E-state index contributed by atoms with van der Waals surface area (Å²) in [4.78, 5) is 30.0. The molecule has 1 aliphatic rings. The van der Waals surface area contributed by atoms with Crippen LogP contribution in [-0.4, -0.2) is 55.5 Å². The van der Waals surface area contributed by atoms with Crippen molar-refractivity contribution in [1.29, 1.82) is 0 Å². The molecule has 1 amide bonds. The van der Waals surface area contributed by atoms with Crippen molar-refractivity contribution in [3.8, 4) is 27.5 Å². The first-order valence-corrected chi connectivity index (χ1v) is 20.1. The summed E-state index contributed by atoms with van der Waals surface area (Å²) in [6.45, 7) is 3.73. The molecule has 0 bridgehead atoms. The molecular formula is C34H32F2N6O4S2Si. The SMILES string of the molecule is Cc1noc(C)c1-c1ccc2c(c1)nc([C@]1(C[SiH3])CCCC(=O)N1c1ccc(F)c(F)c1)n2-c1nc(-c2ccc(CS(C)(=O)=O)nc2)cs1. The van der Waals surface area contributed by atoms with E-state index in [1.54, 1.807) is 23.2 Å². The first kappa shape index (κ1) is 32.9. The van der Waals surface area contributed by atoms with Crippen LogP contribution in [0.25, 0.3) is 38.5 Å². The van der Waals surface area contributed by atoms with Gasteiger partial charge in [-0.15, -0.1) is 11.3 Å². The molecule has 5 heterocycles. The van der Waals surface area contributed by atoms with Crippen LogP contribution in [0.5, 0.6) is 0 Å². The van der Waals surface area contributed by atoms with Gasteiger partial charge in [-0.25, -0.2) is 27.2 Å². The van der Waals surface area contributed by atoms with Crippen LogP contribution < -0.4 is 4.90 Å². The van der Waals surface area contributed by atoms with E-state index in [9.17, 15) is 22.0 Å². The van der Waals surface area contributed by atoms with Crippen molar-refractivity contribution < 1.29 is 26.5 Å². The Balaban J connectivity index is 1.43. The van der Waals surface area contributed by atoms with E-state index < -0.39 is 27.0 Å². The van der Waals surface area contributed by atoms with Crippen LogP contribution in [0.1, 0.15) is 42.2 Å². The highest BCUT2D eigenvalue weighted by atomic mass is 32.2. The van der Waals surface area contributed by atoms with Crippen molar-refractivity contribution in [3.63, 3.8) is 0 Å². The topological polar surface area (TPSA) is 124 Å². The lowest BCUT2D eigenvalue weighted by atomic mass is 9.86. The van der Waals surface area contributed by atoms with Gasteiger partial charge < -0.3 is 4.52 Å². The lowest BCUT2D eigenvalue weighted by Gasteiger charge is -2.46. The quantitative estimate of drug-likeness (QED) is 0.180. The smallest absolute Gasteiger partial charge is 0.227 e. The monoisotopic (exact) mass is 718 g/mol. The zero-order valence-corrected chi connectivity index (χ0v) is 30.8. The predicted molar refractivity (Wildman–Crippen MR) is 188 cm³/mol. The number of rotatable bonds is 8. The highest BCUT2D eigenvalue weighted by Gasteiger charge is 2.47. The molecule has 7 rings (SSSR count). The molecule has 0 aliphatic carbocycles. The van der Waals surface area contributed by atoms with Gasteiger partial charge in [0, 0.05) is 57.4 Å². The number of hydrogen-bond donors (Lipinski definition) is 0. The lowest BCUT2D eigenvalue weighted by molar-refractivity contribution is -0.121. The molecule has 1 aliphatic heterocycles. The molecule has 252 valence electrons. The summed E-state index contributed by atoms with van der Waals surface area (Å²) in [7, 11) is -2.57. The summed E-state index contributed by atoms with van der Waals surface area (Å²) in [5.74, 6) is -1.12. The number of nitrogens with zero attached hydrogens (tertiary/aromatic N) is 6. The number of hydrogen-bond acceptors (Lipinski definition) is 9. The summed E-state index contributed by atoms with van der Waals surface area (Å²) in [6, 6.07) is 13.5. The Morgan fingerprint density at radius 2 is 1.84 bits per heavy atom. The zero-order chi connectivity index (χ0) is 34.7. The van der Waals surface area contributed by atoms with Crippen molar-refractivity contribution in [1.82, 2.24) is 24.7 Å². The van der Waals surface area contributed by atoms with Gasteiger partial charge in [0.2, 0.25) is 5.91 Å². The molecular weight excluding hydrogens is 687 g/mol. The molecule has 0 unspecified atom stereocenters. The summed E-state index contributed by atoms with van der Waals surface area (Å²) < 4.78 is 59.7. The Kier molecular flexibility index (Phi) is 8.31. The molecule has 1 fully saturated rings. The maximum Gasteiger partial charge on any atom is 0.227 e. The van der Waals surface area contributed by atoms with Gasteiger partial charge in [-0.1, -0.05) is 11.2 Å². The molecule has 0 radical (unpaired) electrons. The van der Waals surface area contributed by atoms with Crippen LogP contribution in [0.2, 0.25) is 6.04 Å². The molecule has 6 aromatic rings. The summed E-state index contributed by atoms with van der Waals surface area (Å²) >= 11 is 1.39. The van der Waals surface area contributed by atoms with E-state index in [2.05, 4.69) is 10.1 Å². The van der Waals surface area contributed by atoms with Crippen LogP contribution in [-0.2, 0) is 25.9 Å². The van der Waals surface area contributed by atoms with E-state index in [0.29, 0.717) is 68.3 Å². The summed E-state index contributed by atoms with van der Waals surface area (Å²) in [6.07, 6.45) is 4.20. The van der Waals surface area contributed by atoms with Gasteiger partial charge in [-0.3, -0.25) is 19.2 Å². The highest BCUT2D eigenvalue weighted by molar-refractivity contribution is 7.89. The lowest BCUT2D eigenvalue weighted by Crippen LogP contribution is -2.54. The van der Waals surface area contributed by atoms with Gasteiger partial charge >= 0.3 is 0 Å². The molecule has 0 saturated carbocycles. The second-order valence-corrected chi connectivity index (χ2v) is 16.0. The molecule has 1 saturated heterocycles. The Bertz CT molecular complexity index is 2340. The van der Waals surface area contributed by atoms with Gasteiger partial charge in [0.25, 0.3) is 0 Å². The minimum atomic E-state index is -3.24. The number of aryl methyl sites for hydroxylation is 2. The van der Waals surface area contributed by atoms with E-state index in [1.807, 2.05) is 42.0 Å². The van der Waals surface area contributed by atoms with Gasteiger partial charge in [0.05, 0.1) is 33.9 Å². The number of fused-ring (bicyclic) bond motifs is 1. The Hall–Kier alpha value is -4.60. The summed E-state index contributed by atoms with van der Waals surface area (Å²) in [5.41, 5.74) is 4.99. The Morgan fingerprint density at radius 3 is 2.51 bits per heavy atom. The Labute approximate surface area is 288 Å². The molecule has 2 aromatic carbocycles. The second kappa shape index (κ2) is 12.4. The largest absolute Gasteiger partial charge is 0.361 e. The number of pyridine rings is 1. The minimum Gasteiger partial charge on any atom is -0.361 e. The number of thiazole rings is 1. The average Bonchev–Trinajstić information content (AvgIpc) is 3.78. The number of carbonyl (C=O) groups excluding carboxylic acids is 1. The van der Waals surface area contributed by atoms with Crippen LogP contribution in [0, 0.1) is 25.5 Å². The first-order chi connectivity index (χ1) is 23.4. The number of piperidine rings is 1. The van der Waals surface area contributed by atoms with Crippen molar-refractivity contribution in [3.05, 3.63) is 94.7 Å². The van der Waals surface area contributed by atoms with E-state index in [1.165, 1.54) is 23.7 Å². The minimum absolute atomic E-state index is 0.161. The van der Waals surface area contributed by atoms with E-state index in [-0.39, 0.29) is 23.8 Å². The van der Waals surface area contributed by atoms with E-state index in [4.69, 9.17) is 14.5 Å². The number of anilines is 1. The maximum atomic E-state index is 14.7. The molecule has 0 spiro atoms. The van der Waals surface area contributed by atoms with Gasteiger partial charge in [0.15, 0.2) is 26.6 Å². The van der Waals surface area contributed by atoms with E-state index in [0.717, 1.165) is 34.5 Å². The van der Waals surface area contributed by atoms with Gasteiger partial charge in [-0.2, -0.15) is 0 Å². The third kappa shape index (κ3) is 5.89. The fourth-order valence-corrected chi connectivity index (χ4v) is 9.32. The molecule has 49 heavy (non-hydrogen) atoms. The number of halogens is 2. The second-order valence-electron chi connectivity index (χ2n) is 12.4. The number of imidazole rings is 1. The maximum absolute atomic E-state index is 14.7. The zero-order valence-electron chi connectivity index (χ0n) is 27.2. The molecule has 15 heteroatoms. The van der Waals surface area contributed by atoms with Crippen LogP contribution in [0.15, 0.2) is 64.6 Å². The van der Waals surface area contributed by atoms with Crippen molar-refractivity contribution in [2.24, 2.45) is 0 Å². The van der Waals surface area contributed by atoms with E-state index >= 15 is 0 Å². The fourth-order valence-electron chi connectivity index (χ4n) is 6.78. The normalized spacial score (nSPS) is 17.0. The third-order valence-electron chi connectivity index (χ3n) is 9.01. The van der Waals surface area contributed by atoms with Crippen LogP contribution in [0.4, 0.5) is 14.5 Å². The van der Waals surface area contributed by atoms with Crippen molar-refractivity contribution in [2.75, 3.05) is 11.2 Å². The molecule has 0 N–H and O–H groups in total. The van der Waals surface area contributed by atoms with Gasteiger partial charge in [-0.05, 0) is 74.7 Å². The van der Waals surface area contributed by atoms with Crippen molar-refractivity contribution in [2.45, 2.75) is 50.4 Å². The van der Waals surface area contributed by atoms with Crippen LogP contribution >= 0.6 is 11.3 Å². The highest BCUT2D eigenvalue weighted by Crippen LogP contribution is 2.46. The third-order valence-corrected chi connectivity index (χ3v) is 11.8. The summed E-state index contributed by atoms with van der Waals surface area (Å²) in [5, 5.41) is 6.60. The van der Waals surface area contributed by atoms with Crippen molar-refractivity contribution >= 4 is 54.0 Å². The predicted octanol–water partition coefficient (Wildman–Crippen LogP) is 5.83. The fraction of sp³-hybridized carbons (Fsp3) is 0.265.